The standard InChI is InChI=1S/C13H17NO3/c1-9(2)17-12-6-4-3-5-10(12)13(16)11(15)7-8-14/h3-6,9,11,13,15-16H,7H2,1-2H3. The third kappa shape index (κ3) is 3.74. The highest BCUT2D eigenvalue weighted by atomic mass is 16.5. The lowest BCUT2D eigenvalue weighted by Gasteiger charge is -2.20. The van der Waals surface area contributed by atoms with Crippen molar-refractivity contribution >= 4 is 0 Å². The second-order valence-electron chi connectivity index (χ2n) is 4.08. The first-order valence-electron chi connectivity index (χ1n) is 5.55. The average Bonchev–Trinajstić information content (AvgIpc) is 2.28. The highest BCUT2D eigenvalue weighted by molar-refractivity contribution is 5.35. The van der Waals surface area contributed by atoms with Crippen LogP contribution in [0.15, 0.2) is 24.3 Å². The molecule has 0 spiro atoms. The molecule has 1 aromatic rings. The van der Waals surface area contributed by atoms with Gasteiger partial charge in [-0.05, 0) is 19.9 Å². The molecule has 0 aliphatic carbocycles. The second-order valence-corrected chi connectivity index (χ2v) is 4.08. The first-order chi connectivity index (χ1) is 8.06. The summed E-state index contributed by atoms with van der Waals surface area (Å²) in [5, 5.41) is 28.0. The van der Waals surface area contributed by atoms with Crippen LogP contribution in [0.1, 0.15) is 31.9 Å². The van der Waals surface area contributed by atoms with Crippen LogP contribution in [0.25, 0.3) is 0 Å². The molecule has 0 heterocycles. The van der Waals surface area contributed by atoms with Gasteiger partial charge in [0.15, 0.2) is 0 Å². The van der Waals surface area contributed by atoms with Crippen LogP contribution >= 0.6 is 0 Å². The quantitative estimate of drug-likeness (QED) is 0.816. The van der Waals surface area contributed by atoms with E-state index in [-0.39, 0.29) is 12.5 Å². The first kappa shape index (κ1) is 13.5. The number of nitrogens with zero attached hydrogens (tertiary/aromatic N) is 1. The van der Waals surface area contributed by atoms with E-state index in [1.165, 1.54) is 0 Å². The van der Waals surface area contributed by atoms with Gasteiger partial charge in [0, 0.05) is 5.56 Å². The molecule has 0 aliphatic heterocycles. The van der Waals surface area contributed by atoms with Gasteiger partial charge in [0.25, 0.3) is 0 Å². The number of hydrogen-bond acceptors (Lipinski definition) is 4. The first-order valence-corrected chi connectivity index (χ1v) is 5.55. The molecule has 4 nitrogen and oxygen atoms in total. The van der Waals surface area contributed by atoms with Crippen LogP contribution in [0, 0.1) is 11.3 Å². The summed E-state index contributed by atoms with van der Waals surface area (Å²) >= 11 is 0. The van der Waals surface area contributed by atoms with E-state index in [1.807, 2.05) is 19.9 Å². The molecule has 2 atom stereocenters. The maximum Gasteiger partial charge on any atom is 0.125 e. The maximum absolute atomic E-state index is 9.93. The fourth-order valence-electron chi connectivity index (χ4n) is 1.50. The minimum atomic E-state index is -1.11. The van der Waals surface area contributed by atoms with E-state index < -0.39 is 12.2 Å². The lowest BCUT2D eigenvalue weighted by Crippen LogP contribution is -2.19. The molecule has 17 heavy (non-hydrogen) atoms. The summed E-state index contributed by atoms with van der Waals surface area (Å²) in [6, 6.07) is 8.80. The smallest absolute Gasteiger partial charge is 0.125 e. The van der Waals surface area contributed by atoms with E-state index in [4.69, 9.17) is 10.00 Å². The predicted octanol–water partition coefficient (Wildman–Crippen LogP) is 1.78. The molecule has 2 unspecified atom stereocenters. The molecule has 0 radical (unpaired) electrons. The Morgan fingerprint density at radius 2 is 1.94 bits per heavy atom. The zero-order valence-corrected chi connectivity index (χ0v) is 10.00. The molecule has 0 aromatic heterocycles. The van der Waals surface area contributed by atoms with E-state index in [9.17, 15) is 10.2 Å². The third-order valence-corrected chi connectivity index (χ3v) is 2.27. The number of rotatable bonds is 5. The van der Waals surface area contributed by atoms with Crippen LogP contribution in [-0.4, -0.2) is 22.4 Å². The minimum Gasteiger partial charge on any atom is -0.491 e. The molecule has 0 saturated heterocycles. The van der Waals surface area contributed by atoms with Crippen molar-refractivity contribution in [3.05, 3.63) is 29.8 Å². The van der Waals surface area contributed by atoms with Crippen LogP contribution in [0.2, 0.25) is 0 Å². The lowest BCUT2D eigenvalue weighted by atomic mass is 10.0. The molecule has 0 fully saturated rings. The summed E-state index contributed by atoms with van der Waals surface area (Å²) in [4.78, 5) is 0. The van der Waals surface area contributed by atoms with E-state index in [0.29, 0.717) is 11.3 Å². The average molecular weight is 235 g/mol. The van der Waals surface area contributed by atoms with Gasteiger partial charge in [-0.3, -0.25) is 0 Å². The van der Waals surface area contributed by atoms with Gasteiger partial charge in [0.1, 0.15) is 11.9 Å². The Morgan fingerprint density at radius 1 is 1.29 bits per heavy atom. The predicted molar refractivity (Wildman–Crippen MR) is 63.4 cm³/mol. The highest BCUT2D eigenvalue weighted by Gasteiger charge is 2.21. The van der Waals surface area contributed by atoms with Gasteiger partial charge >= 0.3 is 0 Å². The van der Waals surface area contributed by atoms with Crippen molar-refractivity contribution in [2.75, 3.05) is 0 Å². The highest BCUT2D eigenvalue weighted by Crippen LogP contribution is 2.28. The van der Waals surface area contributed by atoms with Gasteiger partial charge in [0.05, 0.1) is 24.7 Å². The fourth-order valence-corrected chi connectivity index (χ4v) is 1.50. The molecule has 4 heteroatoms. The van der Waals surface area contributed by atoms with Crippen molar-refractivity contribution in [2.24, 2.45) is 0 Å². The largest absolute Gasteiger partial charge is 0.491 e. The number of benzene rings is 1. The number of para-hydroxylation sites is 1. The maximum atomic E-state index is 9.93. The summed E-state index contributed by atoms with van der Waals surface area (Å²) in [5.41, 5.74) is 0.504. The molecule has 0 saturated carbocycles. The fraction of sp³-hybridized carbons (Fsp3) is 0.462. The van der Waals surface area contributed by atoms with Gasteiger partial charge in [-0.2, -0.15) is 5.26 Å². The van der Waals surface area contributed by atoms with Gasteiger partial charge in [0.2, 0.25) is 0 Å². The number of aliphatic hydroxyl groups is 2. The Balaban J connectivity index is 2.92. The second kappa shape index (κ2) is 6.24. The van der Waals surface area contributed by atoms with Crippen LogP contribution in [0.4, 0.5) is 0 Å². The van der Waals surface area contributed by atoms with Crippen molar-refractivity contribution in [3.63, 3.8) is 0 Å². The van der Waals surface area contributed by atoms with Crippen molar-refractivity contribution in [3.8, 4) is 11.8 Å². The summed E-state index contributed by atoms with van der Waals surface area (Å²) in [7, 11) is 0. The van der Waals surface area contributed by atoms with Crippen molar-refractivity contribution < 1.29 is 14.9 Å². The summed E-state index contributed by atoms with van der Waals surface area (Å²) in [5.74, 6) is 0.534. The molecule has 1 aromatic carbocycles. The summed E-state index contributed by atoms with van der Waals surface area (Å²) < 4.78 is 5.54. The van der Waals surface area contributed by atoms with Crippen LogP contribution < -0.4 is 4.74 Å². The van der Waals surface area contributed by atoms with Crippen molar-refractivity contribution in [1.82, 2.24) is 0 Å². The summed E-state index contributed by atoms with van der Waals surface area (Å²) in [6.07, 6.45) is -2.34. The van der Waals surface area contributed by atoms with E-state index in [1.54, 1.807) is 24.3 Å². The monoisotopic (exact) mass is 235 g/mol. The molecular formula is C13H17NO3. The topological polar surface area (TPSA) is 73.5 Å². The molecule has 0 aliphatic rings. The molecule has 0 bridgehead atoms. The van der Waals surface area contributed by atoms with Gasteiger partial charge in [-0.25, -0.2) is 0 Å². The lowest BCUT2D eigenvalue weighted by molar-refractivity contribution is 0.0193. The Bertz CT molecular complexity index is 398. The van der Waals surface area contributed by atoms with Gasteiger partial charge < -0.3 is 14.9 Å². The molecule has 2 N–H and O–H groups in total. The Morgan fingerprint density at radius 3 is 2.53 bits per heavy atom. The van der Waals surface area contributed by atoms with Crippen molar-refractivity contribution in [2.45, 2.75) is 38.6 Å². The van der Waals surface area contributed by atoms with Crippen LogP contribution in [0.3, 0.4) is 0 Å². The van der Waals surface area contributed by atoms with E-state index >= 15 is 0 Å². The molecule has 92 valence electrons. The zero-order valence-electron chi connectivity index (χ0n) is 10.00. The van der Waals surface area contributed by atoms with Gasteiger partial charge in [-0.15, -0.1) is 0 Å². The van der Waals surface area contributed by atoms with Crippen LogP contribution in [0.5, 0.6) is 5.75 Å². The third-order valence-electron chi connectivity index (χ3n) is 2.27. The van der Waals surface area contributed by atoms with E-state index in [2.05, 4.69) is 0 Å². The summed E-state index contributed by atoms with van der Waals surface area (Å²) in [6.45, 7) is 3.77. The Labute approximate surface area is 101 Å². The number of aliphatic hydroxyl groups excluding tert-OH is 2. The van der Waals surface area contributed by atoms with Crippen LogP contribution in [-0.2, 0) is 0 Å². The normalized spacial score (nSPS) is 14.1. The molecule has 1 rings (SSSR count). The minimum absolute atomic E-state index is 0.0172. The zero-order chi connectivity index (χ0) is 12.8. The van der Waals surface area contributed by atoms with E-state index in [0.717, 1.165) is 0 Å². The number of ether oxygens (including phenoxy) is 1. The molecular weight excluding hydrogens is 218 g/mol. The molecule has 0 amide bonds. The van der Waals surface area contributed by atoms with Gasteiger partial charge in [-0.1, -0.05) is 18.2 Å². The Hall–Kier alpha value is -1.57. The SMILES string of the molecule is CC(C)Oc1ccccc1C(O)C(O)CC#N. The number of nitriles is 1. The van der Waals surface area contributed by atoms with Crippen molar-refractivity contribution in [1.29, 1.82) is 5.26 Å². The number of hydrogen-bond donors (Lipinski definition) is 2. The Kier molecular flexibility index (Phi) is 4.95.